The third-order valence-electron chi connectivity index (χ3n) is 3.42. The Labute approximate surface area is 100 Å². The van der Waals surface area contributed by atoms with Crippen LogP contribution in [0.1, 0.15) is 24.1 Å². The molecule has 0 radical (unpaired) electrons. The molecule has 94 valence electrons. The first-order valence-electron chi connectivity index (χ1n) is 5.81. The van der Waals surface area contributed by atoms with Crippen LogP contribution in [-0.4, -0.2) is 4.98 Å². The van der Waals surface area contributed by atoms with Gasteiger partial charge in [0.05, 0.1) is 10.9 Å². The highest BCUT2D eigenvalue weighted by atomic mass is 19.2. The number of aryl methyl sites for hydroxylation is 1. The van der Waals surface area contributed by atoms with Crippen molar-refractivity contribution in [2.24, 2.45) is 0 Å². The summed E-state index contributed by atoms with van der Waals surface area (Å²) in [6.45, 7) is 0. The first-order valence-corrected chi connectivity index (χ1v) is 5.81. The lowest BCUT2D eigenvalue weighted by atomic mass is 9.94. The van der Waals surface area contributed by atoms with Crippen molar-refractivity contribution in [3.63, 3.8) is 0 Å². The molecule has 0 atom stereocenters. The maximum atomic E-state index is 13.6. The molecule has 0 amide bonds. The summed E-state index contributed by atoms with van der Waals surface area (Å²) in [5.41, 5.74) is 0.582. The highest BCUT2D eigenvalue weighted by Gasteiger charge is 2.21. The zero-order valence-electron chi connectivity index (χ0n) is 9.45. The molecule has 0 fully saturated rings. The largest absolute Gasteiger partial charge is 0.355 e. The molecular formula is C13H10F3NO. The first-order chi connectivity index (χ1) is 8.59. The van der Waals surface area contributed by atoms with E-state index < -0.39 is 22.9 Å². The molecule has 1 aliphatic rings. The molecule has 1 aromatic carbocycles. The van der Waals surface area contributed by atoms with Crippen molar-refractivity contribution in [3.05, 3.63) is 45.0 Å². The number of benzene rings is 1. The van der Waals surface area contributed by atoms with Gasteiger partial charge < -0.3 is 4.98 Å². The summed E-state index contributed by atoms with van der Waals surface area (Å²) in [7, 11) is 0. The molecule has 2 nitrogen and oxygen atoms in total. The summed E-state index contributed by atoms with van der Waals surface area (Å²) in [5.74, 6) is -4.20. The number of rotatable bonds is 0. The fraction of sp³-hybridized carbons (Fsp3) is 0.308. The maximum Gasteiger partial charge on any atom is 0.196 e. The number of aromatic nitrogens is 1. The predicted molar refractivity (Wildman–Crippen MR) is 61.1 cm³/mol. The van der Waals surface area contributed by atoms with Gasteiger partial charge in [0, 0.05) is 11.3 Å². The van der Waals surface area contributed by atoms with Crippen molar-refractivity contribution >= 4 is 10.9 Å². The number of pyridine rings is 1. The van der Waals surface area contributed by atoms with E-state index in [4.69, 9.17) is 0 Å². The Bertz CT molecular complexity index is 706. The molecular weight excluding hydrogens is 243 g/mol. The molecule has 0 saturated carbocycles. The average Bonchev–Trinajstić information content (AvgIpc) is 2.38. The molecule has 3 rings (SSSR count). The molecule has 0 bridgehead atoms. The van der Waals surface area contributed by atoms with Crippen molar-refractivity contribution in [1.29, 1.82) is 0 Å². The third kappa shape index (κ3) is 1.46. The van der Waals surface area contributed by atoms with Gasteiger partial charge in [0.1, 0.15) is 0 Å². The minimum atomic E-state index is -1.55. The molecule has 0 saturated heterocycles. The number of hydrogen-bond acceptors (Lipinski definition) is 1. The van der Waals surface area contributed by atoms with Gasteiger partial charge in [-0.1, -0.05) is 0 Å². The zero-order valence-corrected chi connectivity index (χ0v) is 9.45. The van der Waals surface area contributed by atoms with Crippen LogP contribution in [0.25, 0.3) is 10.9 Å². The lowest BCUT2D eigenvalue weighted by molar-refractivity contribution is 0.452. The van der Waals surface area contributed by atoms with Gasteiger partial charge in [-0.25, -0.2) is 13.2 Å². The summed E-state index contributed by atoms with van der Waals surface area (Å²) < 4.78 is 39.9. The van der Waals surface area contributed by atoms with Crippen LogP contribution in [0.2, 0.25) is 0 Å². The Morgan fingerprint density at radius 3 is 2.56 bits per heavy atom. The molecule has 1 aromatic heterocycles. The second-order valence-corrected chi connectivity index (χ2v) is 4.53. The van der Waals surface area contributed by atoms with Crippen molar-refractivity contribution in [2.75, 3.05) is 0 Å². The van der Waals surface area contributed by atoms with E-state index in [0.29, 0.717) is 24.1 Å². The van der Waals surface area contributed by atoms with Gasteiger partial charge in [0.2, 0.25) is 0 Å². The van der Waals surface area contributed by atoms with Crippen LogP contribution < -0.4 is 5.43 Å². The average molecular weight is 253 g/mol. The number of fused-ring (bicyclic) bond motifs is 2. The Morgan fingerprint density at radius 1 is 1.06 bits per heavy atom. The van der Waals surface area contributed by atoms with Crippen LogP contribution in [0.5, 0.6) is 0 Å². The van der Waals surface area contributed by atoms with Crippen molar-refractivity contribution in [1.82, 2.24) is 4.98 Å². The molecule has 0 aliphatic heterocycles. The van der Waals surface area contributed by atoms with Crippen LogP contribution in [0, 0.1) is 17.5 Å². The van der Waals surface area contributed by atoms with Crippen LogP contribution in [-0.2, 0) is 12.8 Å². The topological polar surface area (TPSA) is 32.9 Å². The predicted octanol–water partition coefficient (Wildman–Crippen LogP) is 2.82. The summed E-state index contributed by atoms with van der Waals surface area (Å²) in [6.07, 6.45) is 3.02. The van der Waals surface area contributed by atoms with Gasteiger partial charge in [-0.15, -0.1) is 0 Å². The summed E-state index contributed by atoms with van der Waals surface area (Å²) >= 11 is 0. The lowest BCUT2D eigenvalue weighted by Crippen LogP contribution is -2.19. The molecule has 0 unspecified atom stereocenters. The van der Waals surface area contributed by atoms with E-state index in [9.17, 15) is 18.0 Å². The van der Waals surface area contributed by atoms with Crippen LogP contribution in [0.15, 0.2) is 10.9 Å². The molecule has 1 aliphatic carbocycles. The van der Waals surface area contributed by atoms with Gasteiger partial charge in [-0.05, 0) is 31.7 Å². The highest BCUT2D eigenvalue weighted by Crippen LogP contribution is 2.24. The summed E-state index contributed by atoms with van der Waals surface area (Å²) in [5, 5.41) is -0.118. The summed E-state index contributed by atoms with van der Waals surface area (Å²) in [4.78, 5) is 14.9. The number of hydrogen-bond donors (Lipinski definition) is 1. The third-order valence-corrected chi connectivity index (χ3v) is 3.42. The molecule has 18 heavy (non-hydrogen) atoms. The Balaban J connectivity index is 2.46. The van der Waals surface area contributed by atoms with E-state index in [1.54, 1.807) is 0 Å². The SMILES string of the molecule is O=c1c2c([nH]c3c(F)c(F)c(F)cc13)CCCC2. The fourth-order valence-corrected chi connectivity index (χ4v) is 2.50. The van der Waals surface area contributed by atoms with Gasteiger partial charge in [0.25, 0.3) is 0 Å². The Morgan fingerprint density at radius 2 is 1.78 bits per heavy atom. The van der Waals surface area contributed by atoms with E-state index in [-0.39, 0.29) is 10.9 Å². The first kappa shape index (κ1) is 11.3. The number of nitrogens with one attached hydrogen (secondary N) is 1. The molecule has 0 spiro atoms. The quantitative estimate of drug-likeness (QED) is 0.719. The van der Waals surface area contributed by atoms with Crippen molar-refractivity contribution in [2.45, 2.75) is 25.7 Å². The van der Waals surface area contributed by atoms with Gasteiger partial charge in [0.15, 0.2) is 22.9 Å². The highest BCUT2D eigenvalue weighted by molar-refractivity contribution is 5.80. The van der Waals surface area contributed by atoms with Crippen molar-refractivity contribution < 1.29 is 13.2 Å². The van der Waals surface area contributed by atoms with E-state index in [1.807, 2.05) is 0 Å². The fourth-order valence-electron chi connectivity index (χ4n) is 2.50. The van der Waals surface area contributed by atoms with Crippen molar-refractivity contribution in [3.8, 4) is 0 Å². The second kappa shape index (κ2) is 3.86. The van der Waals surface area contributed by atoms with Crippen LogP contribution in [0.4, 0.5) is 13.2 Å². The molecule has 1 N–H and O–H groups in total. The summed E-state index contributed by atoms with van der Waals surface area (Å²) in [6, 6.07) is 0.765. The second-order valence-electron chi connectivity index (χ2n) is 4.53. The Hall–Kier alpha value is -1.78. The monoisotopic (exact) mass is 253 g/mol. The van der Waals surface area contributed by atoms with Crippen LogP contribution in [0.3, 0.4) is 0 Å². The Kier molecular flexibility index (Phi) is 2.43. The van der Waals surface area contributed by atoms with Crippen LogP contribution >= 0.6 is 0 Å². The van der Waals surface area contributed by atoms with Gasteiger partial charge >= 0.3 is 0 Å². The molecule has 5 heteroatoms. The van der Waals surface area contributed by atoms with Gasteiger partial charge in [-0.3, -0.25) is 4.79 Å². The minimum Gasteiger partial charge on any atom is -0.355 e. The van der Waals surface area contributed by atoms with E-state index in [0.717, 1.165) is 18.9 Å². The molecule has 1 heterocycles. The van der Waals surface area contributed by atoms with E-state index >= 15 is 0 Å². The smallest absolute Gasteiger partial charge is 0.196 e. The van der Waals surface area contributed by atoms with Gasteiger partial charge in [-0.2, -0.15) is 0 Å². The standard InChI is InChI=1S/C13H10F3NO/c14-8-5-7-12(11(16)10(8)15)17-9-4-2-1-3-6(9)13(7)18/h5H,1-4H2,(H,17,18). The minimum absolute atomic E-state index is 0.118. The van der Waals surface area contributed by atoms with E-state index in [1.165, 1.54) is 0 Å². The number of H-pyrrole nitrogens is 1. The number of halogens is 3. The number of aromatic amines is 1. The zero-order chi connectivity index (χ0) is 12.9. The molecule has 2 aromatic rings. The van der Waals surface area contributed by atoms with E-state index in [2.05, 4.69) is 4.98 Å². The lowest BCUT2D eigenvalue weighted by Gasteiger charge is -2.16. The maximum absolute atomic E-state index is 13.6. The normalized spacial score (nSPS) is 14.8.